The molecule has 0 fully saturated rings. The first kappa shape index (κ1) is 60.6. The second-order valence-corrected chi connectivity index (χ2v) is 0.995. The number of carbonyl (C=O) groups excluding carboxylic acids is 1. The van der Waals surface area contributed by atoms with Crippen molar-refractivity contribution in [3.8, 4) is 0 Å². The second kappa shape index (κ2) is 42.8. The number of carboxylic acid groups (broad SMARTS) is 1. The average molecular weight is 357 g/mol. The summed E-state index contributed by atoms with van der Waals surface area (Å²) in [5, 5.41) is 17.3. The molecule has 0 heterocycles. The van der Waals surface area contributed by atoms with E-state index in [9.17, 15) is 9.90 Å². The van der Waals surface area contributed by atoms with E-state index < -0.39 is 12.1 Å². The SMILES string of the molecule is CC(O)C(=O)[O-].Cl.[Ca+2].[Cl-].[Cl-].[Cl-].[K+].[Na+].[Na]. The minimum atomic E-state index is -1.44. The zero-order valence-electron chi connectivity index (χ0n) is 8.59. The number of halogens is 4. The molecular weight excluding hydrogens is 351 g/mol. The number of hydrogen-bond donors (Lipinski definition) is 1. The van der Waals surface area contributed by atoms with Gasteiger partial charge in [0.15, 0.2) is 0 Å². The topological polar surface area (TPSA) is 60.4 Å². The molecule has 0 aliphatic carbocycles. The van der Waals surface area contributed by atoms with Crippen LogP contribution in [0.5, 0.6) is 0 Å². The van der Waals surface area contributed by atoms with Crippen molar-refractivity contribution in [3.05, 3.63) is 0 Å². The third-order valence-electron chi connectivity index (χ3n) is 0.341. The van der Waals surface area contributed by atoms with E-state index in [1.54, 1.807) is 0 Å². The molecule has 0 aromatic rings. The third-order valence-corrected chi connectivity index (χ3v) is 0.341. The monoisotopic (exact) mass is 355 g/mol. The van der Waals surface area contributed by atoms with Gasteiger partial charge in [-0.3, -0.25) is 0 Å². The Labute approximate surface area is 226 Å². The average Bonchev–Trinajstić information content (AvgIpc) is 1.36. The van der Waals surface area contributed by atoms with E-state index in [-0.39, 0.29) is 198 Å². The Hall–Kier alpha value is 5.49. The zero-order valence-corrected chi connectivity index (χ0v) is 21.0. The Morgan fingerprint density at radius 3 is 1.36 bits per heavy atom. The molecule has 0 saturated heterocycles. The molecule has 14 heavy (non-hydrogen) atoms. The van der Waals surface area contributed by atoms with E-state index in [2.05, 4.69) is 0 Å². The smallest absolute Gasteiger partial charge is 1.00 e. The van der Waals surface area contributed by atoms with E-state index in [1.165, 1.54) is 0 Å². The summed E-state index contributed by atoms with van der Waals surface area (Å²) in [6.45, 7) is 1.13. The number of aliphatic hydroxyl groups excluding tert-OH is 1. The van der Waals surface area contributed by atoms with Crippen molar-refractivity contribution in [2.45, 2.75) is 13.0 Å². The Morgan fingerprint density at radius 2 is 1.36 bits per heavy atom. The molecule has 1 N–H and O–H groups in total. The minimum absolute atomic E-state index is 0. The fraction of sp³-hybridized carbons (Fsp3) is 0.667. The van der Waals surface area contributed by atoms with Crippen LogP contribution in [0.4, 0.5) is 0 Å². The van der Waals surface area contributed by atoms with Crippen molar-refractivity contribution >= 4 is 85.7 Å². The number of hydrogen-bond acceptors (Lipinski definition) is 3. The van der Waals surface area contributed by atoms with Crippen molar-refractivity contribution in [3.63, 3.8) is 0 Å². The van der Waals surface area contributed by atoms with Gasteiger partial charge in [0.1, 0.15) is 0 Å². The van der Waals surface area contributed by atoms with Crippen LogP contribution in [0.2, 0.25) is 0 Å². The minimum Gasteiger partial charge on any atom is -1.00 e. The van der Waals surface area contributed by atoms with Gasteiger partial charge in [0.2, 0.25) is 0 Å². The maximum atomic E-state index is 9.34. The van der Waals surface area contributed by atoms with E-state index >= 15 is 0 Å². The van der Waals surface area contributed by atoms with Gasteiger partial charge in [-0.25, -0.2) is 0 Å². The molecule has 0 aromatic carbocycles. The molecule has 0 bridgehead atoms. The summed E-state index contributed by atoms with van der Waals surface area (Å²) < 4.78 is 0. The van der Waals surface area contributed by atoms with E-state index in [0.717, 1.165) is 6.92 Å². The van der Waals surface area contributed by atoms with Crippen molar-refractivity contribution < 1.29 is 133 Å². The molecule has 0 spiro atoms. The van der Waals surface area contributed by atoms with Crippen LogP contribution in [-0.2, 0) is 4.79 Å². The molecule has 0 aromatic heterocycles. The predicted molar refractivity (Wildman–Crippen MR) is 35.4 cm³/mol. The molecule has 0 aliphatic heterocycles. The number of rotatable bonds is 1. The van der Waals surface area contributed by atoms with Gasteiger partial charge in [-0.2, -0.15) is 0 Å². The summed E-state index contributed by atoms with van der Waals surface area (Å²) in [7, 11) is 0. The summed E-state index contributed by atoms with van der Waals surface area (Å²) in [5.41, 5.74) is 0. The van der Waals surface area contributed by atoms with Gasteiger partial charge in [0.05, 0.1) is 12.1 Å². The summed E-state index contributed by atoms with van der Waals surface area (Å²) in [5.74, 6) is -1.44. The zero-order chi connectivity index (χ0) is 5.15. The van der Waals surface area contributed by atoms with E-state index in [0.29, 0.717) is 0 Å². The maximum absolute atomic E-state index is 9.34. The molecular formula is C3H6CaCl4KNa2O3. The van der Waals surface area contributed by atoms with Crippen LogP contribution in [0.1, 0.15) is 6.92 Å². The number of aliphatic carboxylic acids is 1. The van der Waals surface area contributed by atoms with Gasteiger partial charge >= 0.3 is 119 Å². The van der Waals surface area contributed by atoms with E-state index in [4.69, 9.17) is 5.11 Å². The van der Waals surface area contributed by atoms with Crippen molar-refractivity contribution in [2.24, 2.45) is 0 Å². The van der Waals surface area contributed by atoms with Crippen molar-refractivity contribution in [1.29, 1.82) is 0 Å². The van der Waals surface area contributed by atoms with Crippen LogP contribution >= 0.6 is 12.4 Å². The van der Waals surface area contributed by atoms with E-state index in [1.807, 2.05) is 0 Å². The first-order chi connectivity index (χ1) is 2.64. The van der Waals surface area contributed by atoms with Gasteiger partial charge < -0.3 is 52.2 Å². The molecule has 0 amide bonds. The number of carboxylic acids is 1. The summed E-state index contributed by atoms with van der Waals surface area (Å²) in [6, 6.07) is 0. The molecule has 0 rings (SSSR count). The van der Waals surface area contributed by atoms with Gasteiger partial charge in [0, 0.05) is 29.6 Å². The van der Waals surface area contributed by atoms with Crippen LogP contribution in [0, 0.1) is 0 Å². The Kier molecular flexibility index (Phi) is 185. The first-order valence-corrected chi connectivity index (χ1v) is 1.53. The normalized spacial score (nSPS) is 5.86. The van der Waals surface area contributed by atoms with Gasteiger partial charge in [-0.15, -0.1) is 12.4 Å². The maximum Gasteiger partial charge on any atom is 2.00 e. The molecule has 1 radical (unpaired) electrons. The second-order valence-electron chi connectivity index (χ2n) is 0.995. The van der Waals surface area contributed by atoms with Crippen molar-refractivity contribution in [1.82, 2.24) is 0 Å². The van der Waals surface area contributed by atoms with Gasteiger partial charge in [0.25, 0.3) is 0 Å². The quantitative estimate of drug-likeness (QED) is 0.475. The van der Waals surface area contributed by atoms with Crippen LogP contribution in [-0.4, -0.2) is 84.5 Å². The van der Waals surface area contributed by atoms with Crippen LogP contribution in [0.25, 0.3) is 0 Å². The molecule has 0 saturated carbocycles. The van der Waals surface area contributed by atoms with Gasteiger partial charge in [-0.05, 0) is 6.92 Å². The van der Waals surface area contributed by atoms with Crippen LogP contribution < -0.4 is 123 Å². The van der Waals surface area contributed by atoms with Crippen LogP contribution in [0.15, 0.2) is 0 Å². The fourth-order valence-electron chi connectivity index (χ4n) is 0. The molecule has 0 aliphatic rings. The van der Waals surface area contributed by atoms with Crippen LogP contribution in [0.3, 0.4) is 0 Å². The molecule has 1 unspecified atom stereocenters. The summed E-state index contributed by atoms with van der Waals surface area (Å²) in [6.07, 6.45) is -1.34. The standard InChI is InChI=1S/C3H6O3.Ca.4ClH.K.2Na/c1-2(4)3(5)6;;;;;;;;/h2,4H,1H3,(H,5,6);;4*1H;;;/q;+2;;;;;+1;;+1/p-4. The summed E-state index contributed by atoms with van der Waals surface area (Å²) in [4.78, 5) is 9.34. The largest absolute Gasteiger partial charge is 2.00 e. The number of carbonyl (C=O) groups is 1. The molecule has 69 valence electrons. The summed E-state index contributed by atoms with van der Waals surface area (Å²) >= 11 is 0. The molecule has 3 nitrogen and oxygen atoms in total. The molecule has 11 heteroatoms. The fourth-order valence-corrected chi connectivity index (χ4v) is 0. The predicted octanol–water partition coefficient (Wildman–Crippen LogP) is -17.2. The number of aliphatic hydroxyl groups is 1. The Balaban J connectivity index is -0.00000000446. The van der Waals surface area contributed by atoms with Crippen molar-refractivity contribution in [2.75, 3.05) is 0 Å². The third kappa shape index (κ3) is 52.8. The first-order valence-electron chi connectivity index (χ1n) is 1.53. The Morgan fingerprint density at radius 1 is 1.29 bits per heavy atom. The molecule has 1 atom stereocenters. The Bertz CT molecular complexity index is 84.9. The van der Waals surface area contributed by atoms with Gasteiger partial charge in [-0.1, -0.05) is 0 Å².